The molecule has 0 aliphatic carbocycles. The van der Waals surface area contributed by atoms with E-state index in [1.54, 1.807) is 0 Å². The first-order chi connectivity index (χ1) is 8.24. The van der Waals surface area contributed by atoms with Crippen molar-refractivity contribution in [3.05, 3.63) is 59.7 Å². The maximum Gasteiger partial charge on any atom is 0.576 e. The van der Waals surface area contributed by atoms with Crippen LogP contribution in [0.2, 0.25) is 0 Å². The summed E-state index contributed by atoms with van der Waals surface area (Å²) in [5, 5.41) is 0. The third kappa shape index (κ3) is 3.56. The van der Waals surface area contributed by atoms with Crippen LogP contribution in [0.25, 0.3) is 0 Å². The molecule has 0 radical (unpaired) electrons. The normalized spacial score (nSPS) is 9.76. The molecule has 0 bridgehead atoms. The molecule has 0 saturated heterocycles. The second kappa shape index (κ2) is 5.44. The van der Waals surface area contributed by atoms with Crippen molar-refractivity contribution >= 4 is 7.69 Å². The number of aryl methyl sites for hydroxylation is 2. The van der Waals surface area contributed by atoms with Crippen molar-refractivity contribution in [1.82, 2.24) is 0 Å². The molecule has 0 unspecified atom stereocenters. The quantitative estimate of drug-likeness (QED) is 0.746. The molecule has 0 aliphatic heterocycles. The van der Waals surface area contributed by atoms with Gasteiger partial charge >= 0.3 is 7.69 Å². The zero-order valence-electron chi connectivity index (χ0n) is 10.1. The van der Waals surface area contributed by atoms with E-state index in [9.17, 15) is 0 Å². The molecule has 0 fully saturated rings. The molecule has 17 heavy (non-hydrogen) atoms. The standard InChI is InChI=1S/C14H15BO2/c1-11-5-3-7-13(9-11)16-15-17-14-8-4-6-12(2)10-14/h3-10,15H,1-2H3. The van der Waals surface area contributed by atoms with Crippen LogP contribution in [0.4, 0.5) is 0 Å². The van der Waals surface area contributed by atoms with Gasteiger partial charge in [0.15, 0.2) is 0 Å². The van der Waals surface area contributed by atoms with Gasteiger partial charge in [0.05, 0.1) is 0 Å². The molecule has 2 aromatic rings. The Kier molecular flexibility index (Phi) is 3.71. The van der Waals surface area contributed by atoms with Gasteiger partial charge in [-0.25, -0.2) is 0 Å². The second-order valence-electron chi connectivity index (χ2n) is 4.04. The zero-order chi connectivity index (χ0) is 12.1. The molecule has 0 saturated carbocycles. The van der Waals surface area contributed by atoms with E-state index in [4.69, 9.17) is 9.31 Å². The highest BCUT2D eigenvalue weighted by molar-refractivity contribution is 6.20. The first kappa shape index (κ1) is 11.6. The van der Waals surface area contributed by atoms with Crippen LogP contribution in [-0.4, -0.2) is 7.69 Å². The van der Waals surface area contributed by atoms with Gasteiger partial charge in [0.1, 0.15) is 11.5 Å². The number of hydrogen-bond donors (Lipinski definition) is 0. The van der Waals surface area contributed by atoms with Crippen molar-refractivity contribution < 1.29 is 9.31 Å². The summed E-state index contributed by atoms with van der Waals surface area (Å²) in [5.41, 5.74) is 2.36. The molecular weight excluding hydrogens is 211 g/mol. The van der Waals surface area contributed by atoms with E-state index >= 15 is 0 Å². The van der Waals surface area contributed by atoms with Crippen molar-refractivity contribution in [3.8, 4) is 11.5 Å². The summed E-state index contributed by atoms with van der Waals surface area (Å²) in [6.45, 7) is 4.07. The molecule has 2 aromatic carbocycles. The molecule has 0 aromatic heterocycles. The minimum absolute atomic E-state index is 0.229. The van der Waals surface area contributed by atoms with Gasteiger partial charge in [-0.15, -0.1) is 0 Å². The number of rotatable bonds is 4. The van der Waals surface area contributed by atoms with Crippen LogP contribution in [0.1, 0.15) is 11.1 Å². The van der Waals surface area contributed by atoms with Gasteiger partial charge in [-0.3, -0.25) is 0 Å². The SMILES string of the molecule is Cc1cccc(OBOc2cccc(C)c2)c1. The van der Waals surface area contributed by atoms with E-state index in [-0.39, 0.29) is 7.69 Å². The average molecular weight is 226 g/mol. The largest absolute Gasteiger partial charge is 0.576 e. The highest BCUT2D eigenvalue weighted by atomic mass is 16.6. The first-order valence-electron chi connectivity index (χ1n) is 5.63. The zero-order valence-corrected chi connectivity index (χ0v) is 10.1. The lowest BCUT2D eigenvalue weighted by molar-refractivity contribution is 0.458. The minimum Gasteiger partial charge on any atom is -0.529 e. The van der Waals surface area contributed by atoms with E-state index in [1.807, 2.05) is 62.4 Å². The molecule has 0 atom stereocenters. The number of hydrogen-bond acceptors (Lipinski definition) is 2. The Balaban J connectivity index is 1.87. The van der Waals surface area contributed by atoms with Crippen LogP contribution < -0.4 is 9.31 Å². The lowest BCUT2D eigenvalue weighted by Crippen LogP contribution is -2.10. The topological polar surface area (TPSA) is 18.5 Å². The molecule has 2 rings (SSSR count). The van der Waals surface area contributed by atoms with Gasteiger partial charge in [0.25, 0.3) is 0 Å². The van der Waals surface area contributed by atoms with E-state index in [0.29, 0.717) is 0 Å². The predicted molar refractivity (Wildman–Crippen MR) is 70.8 cm³/mol. The van der Waals surface area contributed by atoms with Crippen molar-refractivity contribution in [2.45, 2.75) is 13.8 Å². The molecule has 0 amide bonds. The van der Waals surface area contributed by atoms with E-state index < -0.39 is 0 Å². The summed E-state index contributed by atoms with van der Waals surface area (Å²) < 4.78 is 11.0. The Hall–Kier alpha value is -1.90. The highest BCUT2D eigenvalue weighted by Crippen LogP contribution is 2.14. The fraction of sp³-hybridized carbons (Fsp3) is 0.143. The third-order valence-electron chi connectivity index (χ3n) is 2.43. The Morgan fingerprint density at radius 1 is 0.765 bits per heavy atom. The summed E-state index contributed by atoms with van der Waals surface area (Å²) >= 11 is 0. The van der Waals surface area contributed by atoms with Crippen LogP contribution in [0.5, 0.6) is 11.5 Å². The fourth-order valence-electron chi connectivity index (χ4n) is 1.58. The van der Waals surface area contributed by atoms with Gasteiger partial charge in [0.2, 0.25) is 0 Å². The van der Waals surface area contributed by atoms with Crippen LogP contribution in [0, 0.1) is 13.8 Å². The minimum atomic E-state index is 0.229. The van der Waals surface area contributed by atoms with Gasteiger partial charge in [-0.2, -0.15) is 0 Å². The second-order valence-corrected chi connectivity index (χ2v) is 4.04. The highest BCUT2D eigenvalue weighted by Gasteiger charge is 1.99. The van der Waals surface area contributed by atoms with Gasteiger partial charge in [-0.05, 0) is 49.2 Å². The van der Waals surface area contributed by atoms with Crippen molar-refractivity contribution in [2.75, 3.05) is 0 Å². The molecule has 0 heterocycles. The fourth-order valence-corrected chi connectivity index (χ4v) is 1.58. The Morgan fingerprint density at radius 3 is 1.65 bits per heavy atom. The molecule has 0 spiro atoms. The van der Waals surface area contributed by atoms with E-state index in [0.717, 1.165) is 11.5 Å². The summed E-state index contributed by atoms with van der Waals surface area (Å²) in [5.74, 6) is 1.66. The van der Waals surface area contributed by atoms with Crippen LogP contribution in [-0.2, 0) is 0 Å². The summed E-state index contributed by atoms with van der Waals surface area (Å²) in [6, 6.07) is 15.8. The molecule has 2 nitrogen and oxygen atoms in total. The Bertz CT molecular complexity index is 452. The van der Waals surface area contributed by atoms with E-state index in [2.05, 4.69) is 0 Å². The number of benzene rings is 2. The lowest BCUT2D eigenvalue weighted by atomic mass is 10.2. The predicted octanol–water partition coefficient (Wildman–Crippen LogP) is 3.03. The lowest BCUT2D eigenvalue weighted by Gasteiger charge is -2.08. The summed E-state index contributed by atoms with van der Waals surface area (Å²) in [7, 11) is 0.229. The maximum absolute atomic E-state index is 5.51. The van der Waals surface area contributed by atoms with Gasteiger partial charge in [0, 0.05) is 0 Å². The van der Waals surface area contributed by atoms with Crippen molar-refractivity contribution in [2.24, 2.45) is 0 Å². The average Bonchev–Trinajstić information content (AvgIpc) is 2.29. The Labute approximate surface area is 103 Å². The molecule has 86 valence electrons. The first-order valence-corrected chi connectivity index (χ1v) is 5.63. The summed E-state index contributed by atoms with van der Waals surface area (Å²) in [4.78, 5) is 0. The van der Waals surface area contributed by atoms with Crippen molar-refractivity contribution in [3.63, 3.8) is 0 Å². The van der Waals surface area contributed by atoms with Crippen LogP contribution >= 0.6 is 0 Å². The smallest absolute Gasteiger partial charge is 0.529 e. The van der Waals surface area contributed by atoms with E-state index in [1.165, 1.54) is 11.1 Å². The molecule has 0 aliphatic rings. The maximum atomic E-state index is 5.51. The van der Waals surface area contributed by atoms with Gasteiger partial charge < -0.3 is 9.31 Å². The third-order valence-corrected chi connectivity index (χ3v) is 2.43. The molecular formula is C14H15BO2. The van der Waals surface area contributed by atoms with Crippen LogP contribution in [0.15, 0.2) is 48.5 Å². The van der Waals surface area contributed by atoms with Crippen LogP contribution in [0.3, 0.4) is 0 Å². The van der Waals surface area contributed by atoms with Crippen molar-refractivity contribution in [1.29, 1.82) is 0 Å². The molecule has 3 heteroatoms. The molecule has 0 N–H and O–H groups in total. The Morgan fingerprint density at radius 2 is 1.24 bits per heavy atom. The monoisotopic (exact) mass is 226 g/mol. The van der Waals surface area contributed by atoms with Gasteiger partial charge in [-0.1, -0.05) is 24.3 Å². The summed E-state index contributed by atoms with van der Waals surface area (Å²) in [6.07, 6.45) is 0.